The second-order valence-corrected chi connectivity index (χ2v) is 6.17. The van der Waals surface area contributed by atoms with E-state index in [0.29, 0.717) is 32.0 Å². The van der Waals surface area contributed by atoms with Crippen molar-refractivity contribution in [3.05, 3.63) is 41.5 Å². The third-order valence-corrected chi connectivity index (χ3v) is 4.27. The lowest BCUT2D eigenvalue weighted by molar-refractivity contribution is -0.128. The van der Waals surface area contributed by atoms with E-state index in [0.717, 1.165) is 17.0 Å². The molecule has 0 spiro atoms. The number of carbonyl (C=O) groups is 1. The number of amides is 1. The highest BCUT2D eigenvalue weighted by molar-refractivity contribution is 5.77. The van der Waals surface area contributed by atoms with E-state index in [1.165, 1.54) is 0 Å². The van der Waals surface area contributed by atoms with Gasteiger partial charge in [-0.1, -0.05) is 5.16 Å². The van der Waals surface area contributed by atoms with Gasteiger partial charge < -0.3 is 24.1 Å². The van der Waals surface area contributed by atoms with Gasteiger partial charge in [0.1, 0.15) is 11.5 Å². The molecule has 2 aromatic rings. The molecule has 1 N–H and O–H groups in total. The van der Waals surface area contributed by atoms with Crippen LogP contribution in [0.1, 0.15) is 23.4 Å². The van der Waals surface area contributed by atoms with Crippen LogP contribution in [0.3, 0.4) is 0 Å². The highest BCUT2D eigenvalue weighted by atomic mass is 16.5. The molecule has 0 saturated carbocycles. The standard InChI is InChI=1S/C18H23N3O5/c1-12-15(13(2)26-21-12)9-25-17-5-7-23-10-16(17)20-18(22)11-24-14-4-3-6-19-8-14/h3-4,6,8,16-17H,5,7,9-11H2,1-2H3,(H,20,22)/t16-,17+/m1/s1. The summed E-state index contributed by atoms with van der Waals surface area (Å²) in [5.74, 6) is 1.07. The Hall–Kier alpha value is -2.45. The smallest absolute Gasteiger partial charge is 0.258 e. The second-order valence-electron chi connectivity index (χ2n) is 6.17. The maximum Gasteiger partial charge on any atom is 0.258 e. The Morgan fingerprint density at radius 2 is 2.31 bits per heavy atom. The van der Waals surface area contributed by atoms with Gasteiger partial charge in [-0.25, -0.2) is 0 Å². The molecule has 0 aliphatic carbocycles. The van der Waals surface area contributed by atoms with E-state index in [-0.39, 0.29) is 24.7 Å². The first-order valence-electron chi connectivity index (χ1n) is 8.56. The van der Waals surface area contributed by atoms with Crippen molar-refractivity contribution in [3.8, 4) is 5.75 Å². The average molecular weight is 361 g/mol. The number of nitrogens with zero attached hydrogens (tertiary/aromatic N) is 2. The van der Waals surface area contributed by atoms with Crippen molar-refractivity contribution < 1.29 is 23.5 Å². The molecule has 140 valence electrons. The maximum absolute atomic E-state index is 12.2. The van der Waals surface area contributed by atoms with Gasteiger partial charge in [0, 0.05) is 18.4 Å². The number of hydrogen-bond donors (Lipinski definition) is 1. The van der Waals surface area contributed by atoms with Crippen molar-refractivity contribution in [1.29, 1.82) is 0 Å². The van der Waals surface area contributed by atoms with Crippen LogP contribution in [0, 0.1) is 13.8 Å². The second kappa shape index (κ2) is 8.77. The number of carbonyl (C=O) groups excluding carboxylic acids is 1. The molecule has 1 saturated heterocycles. The molecule has 3 heterocycles. The third-order valence-electron chi connectivity index (χ3n) is 4.27. The van der Waals surface area contributed by atoms with Crippen LogP contribution in [0.25, 0.3) is 0 Å². The lowest BCUT2D eigenvalue weighted by atomic mass is 10.1. The summed E-state index contributed by atoms with van der Waals surface area (Å²) >= 11 is 0. The summed E-state index contributed by atoms with van der Waals surface area (Å²) in [5.41, 5.74) is 1.77. The molecule has 26 heavy (non-hydrogen) atoms. The minimum Gasteiger partial charge on any atom is -0.482 e. The summed E-state index contributed by atoms with van der Waals surface area (Å²) in [4.78, 5) is 16.1. The maximum atomic E-state index is 12.2. The first-order valence-corrected chi connectivity index (χ1v) is 8.56. The topological polar surface area (TPSA) is 95.7 Å². The molecular formula is C18H23N3O5. The normalized spacial score (nSPS) is 19.9. The molecule has 0 radical (unpaired) electrons. The summed E-state index contributed by atoms with van der Waals surface area (Å²) in [7, 11) is 0. The molecule has 8 heteroatoms. The predicted molar refractivity (Wildman–Crippen MR) is 91.7 cm³/mol. The van der Waals surface area contributed by atoms with Crippen molar-refractivity contribution in [1.82, 2.24) is 15.5 Å². The van der Waals surface area contributed by atoms with Gasteiger partial charge in [-0.2, -0.15) is 0 Å². The molecule has 2 atom stereocenters. The van der Waals surface area contributed by atoms with Crippen molar-refractivity contribution in [2.24, 2.45) is 0 Å². The number of nitrogens with one attached hydrogen (secondary N) is 1. The van der Waals surface area contributed by atoms with E-state index >= 15 is 0 Å². The molecule has 1 aliphatic rings. The molecule has 1 fully saturated rings. The van der Waals surface area contributed by atoms with Gasteiger partial charge in [0.05, 0.1) is 37.3 Å². The SMILES string of the molecule is Cc1noc(C)c1CO[C@H]1CCOC[C@H]1NC(=O)COc1cccnc1. The van der Waals surface area contributed by atoms with Crippen molar-refractivity contribution >= 4 is 5.91 Å². The fraction of sp³-hybridized carbons (Fsp3) is 0.500. The van der Waals surface area contributed by atoms with Crippen LogP contribution in [0.2, 0.25) is 0 Å². The minimum absolute atomic E-state index is 0.0845. The van der Waals surface area contributed by atoms with Crippen LogP contribution < -0.4 is 10.1 Å². The van der Waals surface area contributed by atoms with Gasteiger partial charge in [-0.05, 0) is 32.4 Å². The van der Waals surface area contributed by atoms with Crippen LogP contribution >= 0.6 is 0 Å². The molecule has 0 unspecified atom stereocenters. The van der Waals surface area contributed by atoms with E-state index < -0.39 is 0 Å². The van der Waals surface area contributed by atoms with Crippen molar-refractivity contribution in [2.45, 2.75) is 39.0 Å². The van der Waals surface area contributed by atoms with Gasteiger partial charge in [0.2, 0.25) is 0 Å². The van der Waals surface area contributed by atoms with Gasteiger partial charge in [0.15, 0.2) is 6.61 Å². The van der Waals surface area contributed by atoms with E-state index in [1.807, 2.05) is 13.8 Å². The molecule has 3 rings (SSSR count). The summed E-state index contributed by atoms with van der Waals surface area (Å²) < 4.78 is 22.1. The average Bonchev–Trinajstić information content (AvgIpc) is 2.98. The molecule has 1 aliphatic heterocycles. The molecule has 0 aromatic carbocycles. The van der Waals surface area contributed by atoms with Crippen LogP contribution in [0.4, 0.5) is 0 Å². The van der Waals surface area contributed by atoms with Crippen molar-refractivity contribution in [3.63, 3.8) is 0 Å². The molecule has 8 nitrogen and oxygen atoms in total. The Balaban J connectivity index is 1.50. The fourth-order valence-corrected chi connectivity index (χ4v) is 2.78. The van der Waals surface area contributed by atoms with Gasteiger partial charge in [-0.15, -0.1) is 0 Å². The Labute approximate surface area is 151 Å². The van der Waals surface area contributed by atoms with E-state index in [2.05, 4.69) is 15.5 Å². The first kappa shape index (κ1) is 18.3. The first-order chi connectivity index (χ1) is 12.6. The van der Waals surface area contributed by atoms with Crippen molar-refractivity contribution in [2.75, 3.05) is 19.8 Å². The fourth-order valence-electron chi connectivity index (χ4n) is 2.78. The van der Waals surface area contributed by atoms with Crippen LogP contribution in [0.15, 0.2) is 29.0 Å². The molecule has 0 bridgehead atoms. The highest BCUT2D eigenvalue weighted by Crippen LogP contribution is 2.18. The monoisotopic (exact) mass is 361 g/mol. The van der Waals surface area contributed by atoms with Crippen LogP contribution in [-0.4, -0.2) is 48.0 Å². The molecular weight excluding hydrogens is 338 g/mol. The highest BCUT2D eigenvalue weighted by Gasteiger charge is 2.28. The largest absolute Gasteiger partial charge is 0.482 e. The summed E-state index contributed by atoms with van der Waals surface area (Å²) in [6.07, 6.45) is 3.78. The molecule has 2 aromatic heterocycles. The lowest BCUT2D eigenvalue weighted by Gasteiger charge is -2.32. The lowest BCUT2D eigenvalue weighted by Crippen LogP contribution is -2.51. The third kappa shape index (κ3) is 4.80. The number of hydrogen-bond acceptors (Lipinski definition) is 7. The Kier molecular flexibility index (Phi) is 6.19. The van der Waals surface area contributed by atoms with Crippen LogP contribution in [-0.2, 0) is 20.9 Å². The number of rotatable bonds is 7. The summed E-state index contributed by atoms with van der Waals surface area (Å²) in [6, 6.07) is 3.27. The van der Waals surface area contributed by atoms with Gasteiger partial charge in [-0.3, -0.25) is 9.78 Å². The van der Waals surface area contributed by atoms with E-state index in [1.54, 1.807) is 24.5 Å². The quantitative estimate of drug-likeness (QED) is 0.799. The van der Waals surface area contributed by atoms with E-state index in [4.69, 9.17) is 18.7 Å². The van der Waals surface area contributed by atoms with Crippen LogP contribution in [0.5, 0.6) is 5.75 Å². The predicted octanol–water partition coefficient (Wildman–Crippen LogP) is 1.56. The Morgan fingerprint density at radius 1 is 1.42 bits per heavy atom. The minimum atomic E-state index is -0.228. The zero-order chi connectivity index (χ0) is 18.4. The Bertz CT molecular complexity index is 699. The zero-order valence-corrected chi connectivity index (χ0v) is 14.9. The number of aryl methyl sites for hydroxylation is 2. The Morgan fingerprint density at radius 3 is 3.04 bits per heavy atom. The van der Waals surface area contributed by atoms with Gasteiger partial charge >= 0.3 is 0 Å². The molecule has 1 amide bonds. The summed E-state index contributed by atoms with van der Waals surface area (Å²) in [5, 5.41) is 6.85. The zero-order valence-electron chi connectivity index (χ0n) is 14.9. The number of pyridine rings is 1. The number of aromatic nitrogens is 2. The van der Waals surface area contributed by atoms with Gasteiger partial charge in [0.25, 0.3) is 5.91 Å². The van der Waals surface area contributed by atoms with E-state index in [9.17, 15) is 4.79 Å². The number of ether oxygens (including phenoxy) is 3. The summed E-state index contributed by atoms with van der Waals surface area (Å²) in [6.45, 7) is 5.06.